The lowest BCUT2D eigenvalue weighted by Gasteiger charge is -2.36. The molecule has 8 heteroatoms. The maximum absolute atomic E-state index is 13.3. The summed E-state index contributed by atoms with van der Waals surface area (Å²) in [5.74, 6) is -0.463. The molecule has 1 aromatic carbocycles. The molecule has 4 unspecified atom stereocenters. The normalized spacial score (nSPS) is 25.7. The van der Waals surface area contributed by atoms with Gasteiger partial charge in [-0.3, -0.25) is 14.6 Å². The zero-order valence-electron chi connectivity index (χ0n) is 17.5. The van der Waals surface area contributed by atoms with E-state index in [-0.39, 0.29) is 11.4 Å². The first-order valence-corrected chi connectivity index (χ1v) is 10.6. The second-order valence-corrected chi connectivity index (χ2v) is 8.87. The van der Waals surface area contributed by atoms with Crippen molar-refractivity contribution < 1.29 is 4.79 Å². The number of benzene rings is 1. The maximum atomic E-state index is 13.3. The van der Waals surface area contributed by atoms with Crippen molar-refractivity contribution in [2.75, 3.05) is 23.3 Å². The highest BCUT2D eigenvalue weighted by atomic mass is 16.2. The van der Waals surface area contributed by atoms with Gasteiger partial charge in [-0.05, 0) is 29.9 Å². The van der Waals surface area contributed by atoms with Gasteiger partial charge in [0.25, 0.3) is 5.56 Å². The molecule has 3 N–H and O–H groups in total. The van der Waals surface area contributed by atoms with Gasteiger partial charge in [0, 0.05) is 36.1 Å². The number of nitriles is 1. The monoisotopic (exact) mass is 416 g/mol. The molecular weight excluding hydrogens is 392 g/mol. The Bertz CT molecular complexity index is 1260. The summed E-state index contributed by atoms with van der Waals surface area (Å²) in [4.78, 5) is 39.0. The Morgan fingerprint density at radius 2 is 1.90 bits per heavy atom. The van der Waals surface area contributed by atoms with Gasteiger partial charge in [-0.1, -0.05) is 32.0 Å². The van der Waals surface area contributed by atoms with Crippen LogP contribution in [-0.4, -0.2) is 33.9 Å². The third-order valence-corrected chi connectivity index (χ3v) is 6.37. The number of amides is 1. The minimum Gasteiger partial charge on any atom is -0.361 e. The summed E-state index contributed by atoms with van der Waals surface area (Å²) < 4.78 is 0. The number of carbonyl (C=O) groups is 1. The quantitative estimate of drug-likeness (QED) is 0.594. The van der Waals surface area contributed by atoms with E-state index in [4.69, 9.17) is 0 Å². The van der Waals surface area contributed by atoms with E-state index in [0.717, 1.165) is 36.0 Å². The topological polar surface area (TPSA) is 118 Å². The fourth-order valence-corrected chi connectivity index (χ4v) is 5.17. The van der Waals surface area contributed by atoms with Crippen molar-refractivity contribution in [3.8, 4) is 6.07 Å². The summed E-state index contributed by atoms with van der Waals surface area (Å²) in [6, 6.07) is 9.76. The molecule has 0 spiro atoms. The average molecular weight is 416 g/mol. The number of anilines is 2. The Morgan fingerprint density at radius 3 is 2.65 bits per heavy atom. The van der Waals surface area contributed by atoms with Crippen LogP contribution >= 0.6 is 0 Å². The van der Waals surface area contributed by atoms with E-state index in [1.807, 2.05) is 24.3 Å². The van der Waals surface area contributed by atoms with E-state index in [2.05, 4.69) is 45.1 Å². The Hall–Kier alpha value is -3.60. The first kappa shape index (κ1) is 19.4. The number of aromatic amines is 2. The molecule has 1 fully saturated rings. The Balaban J connectivity index is 1.66. The molecule has 4 heterocycles. The third-order valence-electron chi connectivity index (χ3n) is 6.37. The van der Waals surface area contributed by atoms with Crippen LogP contribution < -0.4 is 15.8 Å². The molecule has 2 aliphatic heterocycles. The Morgan fingerprint density at radius 1 is 1.16 bits per heavy atom. The van der Waals surface area contributed by atoms with Gasteiger partial charge in [0.15, 0.2) is 0 Å². The van der Waals surface area contributed by atoms with Crippen LogP contribution in [0.15, 0.2) is 35.3 Å². The molecule has 2 aliphatic rings. The number of piperidine rings is 1. The summed E-state index contributed by atoms with van der Waals surface area (Å²) in [7, 11) is 0. The molecule has 2 aromatic heterocycles. The molecule has 158 valence electrons. The zero-order chi connectivity index (χ0) is 21.7. The smallest absolute Gasteiger partial charge is 0.258 e. The van der Waals surface area contributed by atoms with E-state index < -0.39 is 17.7 Å². The van der Waals surface area contributed by atoms with Gasteiger partial charge in [0.05, 0.1) is 11.6 Å². The Kier molecular flexibility index (Phi) is 4.54. The van der Waals surface area contributed by atoms with Crippen molar-refractivity contribution in [3.63, 3.8) is 0 Å². The van der Waals surface area contributed by atoms with Crippen LogP contribution in [0.3, 0.4) is 0 Å². The maximum Gasteiger partial charge on any atom is 0.258 e. The minimum absolute atomic E-state index is 0.247. The summed E-state index contributed by atoms with van der Waals surface area (Å²) in [5, 5.41) is 13.4. The first-order valence-electron chi connectivity index (χ1n) is 10.6. The van der Waals surface area contributed by atoms with Crippen LogP contribution in [0.2, 0.25) is 0 Å². The van der Waals surface area contributed by atoms with Crippen molar-refractivity contribution in [1.29, 1.82) is 5.26 Å². The molecule has 3 aromatic rings. The van der Waals surface area contributed by atoms with Crippen LogP contribution in [0.5, 0.6) is 0 Å². The molecule has 5 rings (SSSR count). The summed E-state index contributed by atoms with van der Waals surface area (Å²) >= 11 is 0. The molecule has 1 saturated heterocycles. The summed E-state index contributed by atoms with van der Waals surface area (Å²) in [6.45, 7) is 5.97. The fourth-order valence-electron chi connectivity index (χ4n) is 5.17. The van der Waals surface area contributed by atoms with Crippen molar-refractivity contribution >= 4 is 28.6 Å². The predicted molar refractivity (Wildman–Crippen MR) is 118 cm³/mol. The third kappa shape index (κ3) is 3.17. The molecule has 1 amide bonds. The van der Waals surface area contributed by atoms with Crippen LogP contribution in [0.4, 0.5) is 11.8 Å². The second kappa shape index (κ2) is 7.27. The fraction of sp³-hybridized carbons (Fsp3) is 0.391. The van der Waals surface area contributed by atoms with Gasteiger partial charge in [-0.25, -0.2) is 0 Å². The van der Waals surface area contributed by atoms with Crippen LogP contribution in [-0.2, 0) is 4.79 Å². The van der Waals surface area contributed by atoms with E-state index in [1.165, 1.54) is 0 Å². The number of nitrogens with zero attached hydrogens (tertiary/aromatic N) is 3. The first-order chi connectivity index (χ1) is 15.0. The molecule has 0 aliphatic carbocycles. The summed E-state index contributed by atoms with van der Waals surface area (Å²) in [6.07, 6.45) is 2.91. The summed E-state index contributed by atoms with van der Waals surface area (Å²) in [5.41, 5.74) is 1.65. The molecule has 0 bridgehead atoms. The molecule has 8 nitrogen and oxygen atoms in total. The highest BCUT2D eigenvalue weighted by Crippen LogP contribution is 2.41. The number of fused-ring (bicyclic) bond motifs is 2. The molecule has 4 atom stereocenters. The number of aromatic nitrogens is 3. The van der Waals surface area contributed by atoms with Crippen molar-refractivity contribution in [2.24, 2.45) is 17.8 Å². The van der Waals surface area contributed by atoms with Gasteiger partial charge in [0.2, 0.25) is 11.9 Å². The highest BCUT2D eigenvalue weighted by molar-refractivity contribution is 5.99. The number of nitrogens with one attached hydrogen (secondary N) is 3. The lowest BCUT2D eigenvalue weighted by Crippen LogP contribution is -2.42. The molecule has 0 saturated carbocycles. The van der Waals surface area contributed by atoms with Gasteiger partial charge < -0.3 is 15.2 Å². The largest absolute Gasteiger partial charge is 0.361 e. The number of H-pyrrole nitrogens is 2. The van der Waals surface area contributed by atoms with E-state index in [0.29, 0.717) is 23.3 Å². The SMILES string of the molecule is CC1CC(C)CN(c2nc3c(c(=O)[nH]2)C(c2c[nH]c4ccccc24)C(C#N)C(=O)N3)C1. The lowest BCUT2D eigenvalue weighted by molar-refractivity contribution is -0.119. The number of hydrogen-bond donors (Lipinski definition) is 3. The minimum atomic E-state index is -1.02. The Labute approximate surface area is 179 Å². The van der Waals surface area contributed by atoms with E-state index >= 15 is 0 Å². The number of carbonyl (C=O) groups excluding carboxylic acids is 1. The van der Waals surface area contributed by atoms with Gasteiger partial charge >= 0.3 is 0 Å². The van der Waals surface area contributed by atoms with Crippen molar-refractivity contribution in [3.05, 3.63) is 51.9 Å². The van der Waals surface area contributed by atoms with E-state index in [1.54, 1.807) is 6.20 Å². The van der Waals surface area contributed by atoms with Gasteiger partial charge in [-0.15, -0.1) is 0 Å². The second-order valence-electron chi connectivity index (χ2n) is 8.87. The van der Waals surface area contributed by atoms with Crippen LogP contribution in [0.25, 0.3) is 10.9 Å². The van der Waals surface area contributed by atoms with Crippen LogP contribution in [0, 0.1) is 29.1 Å². The predicted octanol–water partition coefficient (Wildman–Crippen LogP) is 2.96. The van der Waals surface area contributed by atoms with Crippen LogP contribution in [0.1, 0.15) is 37.3 Å². The molecule has 0 radical (unpaired) electrons. The average Bonchev–Trinajstić information content (AvgIpc) is 3.15. The van der Waals surface area contributed by atoms with Crippen molar-refractivity contribution in [2.45, 2.75) is 26.2 Å². The van der Waals surface area contributed by atoms with Gasteiger partial charge in [0.1, 0.15) is 11.7 Å². The zero-order valence-corrected chi connectivity index (χ0v) is 17.5. The van der Waals surface area contributed by atoms with Crippen molar-refractivity contribution in [1.82, 2.24) is 15.0 Å². The lowest BCUT2D eigenvalue weighted by atomic mass is 9.79. The highest BCUT2D eigenvalue weighted by Gasteiger charge is 2.41. The standard InChI is InChI=1S/C23H24N6O2/c1-12-7-13(2)11-29(10-12)23-27-20-19(22(31)28-23)18(15(8-24)21(30)26-20)16-9-25-17-6-4-3-5-14(16)17/h3-6,9,12-13,15,18,25H,7,10-11H2,1-2H3,(H2,26,27,28,30,31). The number of para-hydroxylation sites is 1. The van der Waals surface area contributed by atoms with E-state index in [9.17, 15) is 14.9 Å². The number of rotatable bonds is 2. The molecular formula is C23H24N6O2. The number of hydrogen-bond acceptors (Lipinski definition) is 5. The van der Waals surface area contributed by atoms with Gasteiger partial charge in [-0.2, -0.15) is 10.2 Å². The molecule has 31 heavy (non-hydrogen) atoms.